The highest BCUT2D eigenvalue weighted by atomic mass is 32.2. The summed E-state index contributed by atoms with van der Waals surface area (Å²) in [5.41, 5.74) is 4.06. The zero-order valence-electron chi connectivity index (χ0n) is 17.9. The maximum Gasteiger partial charge on any atom is 0.260 e. The van der Waals surface area contributed by atoms with Crippen molar-refractivity contribution in [3.05, 3.63) is 53.1 Å². The number of aryl methyl sites for hydroxylation is 2. The predicted octanol–water partition coefficient (Wildman–Crippen LogP) is 5.62. The number of amides is 1. The topological polar surface area (TPSA) is 36.4 Å². The third-order valence-electron chi connectivity index (χ3n) is 5.28. The van der Waals surface area contributed by atoms with Gasteiger partial charge in [-0.05, 0) is 68.6 Å². The van der Waals surface area contributed by atoms with Gasteiger partial charge in [-0.2, -0.15) is 0 Å². The SMILES string of the molecule is CCN(CC)CCN(C(=O)c1ccc(SC)cc1)c1nc2c(C)ccc(C)c2s1. The summed E-state index contributed by atoms with van der Waals surface area (Å²) in [6, 6.07) is 12.1. The summed E-state index contributed by atoms with van der Waals surface area (Å²) in [5.74, 6) is 0.0131. The number of nitrogens with zero attached hydrogens (tertiary/aromatic N) is 3. The smallest absolute Gasteiger partial charge is 0.260 e. The molecule has 0 unspecified atom stereocenters. The molecule has 6 heteroatoms. The second-order valence-electron chi connectivity index (χ2n) is 7.09. The average Bonchev–Trinajstić information content (AvgIpc) is 3.20. The standard InChI is InChI=1S/C23H29N3OS2/c1-6-25(7-2)14-15-26(22(27)18-10-12-19(28-5)13-11-18)23-24-20-16(3)8-9-17(4)21(20)29-23/h8-13H,6-7,14-15H2,1-5H3. The highest BCUT2D eigenvalue weighted by Crippen LogP contribution is 2.33. The molecule has 3 aromatic rings. The van der Waals surface area contributed by atoms with Gasteiger partial charge in [0.05, 0.1) is 10.2 Å². The number of likely N-dealkylation sites (N-methyl/N-ethyl adjacent to an activating group) is 1. The maximum absolute atomic E-state index is 13.4. The molecule has 29 heavy (non-hydrogen) atoms. The van der Waals surface area contributed by atoms with Crippen LogP contribution in [-0.4, -0.2) is 48.2 Å². The van der Waals surface area contributed by atoms with Crippen molar-refractivity contribution in [3.8, 4) is 0 Å². The van der Waals surface area contributed by atoms with Crippen LogP contribution in [0.2, 0.25) is 0 Å². The van der Waals surface area contributed by atoms with Gasteiger partial charge in [-0.15, -0.1) is 11.8 Å². The van der Waals surface area contributed by atoms with Gasteiger partial charge in [0.15, 0.2) is 5.13 Å². The molecule has 0 saturated heterocycles. The number of rotatable bonds is 8. The van der Waals surface area contributed by atoms with Crippen LogP contribution >= 0.6 is 23.1 Å². The minimum absolute atomic E-state index is 0.0131. The summed E-state index contributed by atoms with van der Waals surface area (Å²) in [6.07, 6.45) is 2.04. The number of hydrogen-bond acceptors (Lipinski definition) is 5. The van der Waals surface area contributed by atoms with Crippen LogP contribution in [-0.2, 0) is 0 Å². The van der Waals surface area contributed by atoms with Gasteiger partial charge in [0, 0.05) is 23.5 Å². The Morgan fingerprint density at radius 1 is 1.00 bits per heavy atom. The molecule has 0 atom stereocenters. The van der Waals surface area contributed by atoms with Crippen molar-refractivity contribution >= 4 is 44.4 Å². The van der Waals surface area contributed by atoms with Gasteiger partial charge < -0.3 is 4.90 Å². The number of fused-ring (bicyclic) bond motifs is 1. The van der Waals surface area contributed by atoms with Gasteiger partial charge >= 0.3 is 0 Å². The Labute approximate surface area is 181 Å². The van der Waals surface area contributed by atoms with Gasteiger partial charge in [0.25, 0.3) is 5.91 Å². The van der Waals surface area contributed by atoms with E-state index in [1.165, 1.54) is 10.3 Å². The predicted molar refractivity (Wildman–Crippen MR) is 127 cm³/mol. The van der Waals surface area contributed by atoms with Crippen LogP contribution < -0.4 is 4.90 Å². The van der Waals surface area contributed by atoms with Crippen molar-refractivity contribution < 1.29 is 4.79 Å². The Balaban J connectivity index is 1.99. The van der Waals surface area contributed by atoms with E-state index in [0.29, 0.717) is 12.1 Å². The minimum Gasteiger partial charge on any atom is -0.302 e. The first kappa shape index (κ1) is 21.8. The highest BCUT2D eigenvalue weighted by Gasteiger charge is 2.22. The maximum atomic E-state index is 13.4. The third kappa shape index (κ3) is 4.82. The fourth-order valence-electron chi connectivity index (χ4n) is 3.32. The highest BCUT2D eigenvalue weighted by molar-refractivity contribution is 7.98. The number of hydrogen-bond donors (Lipinski definition) is 0. The van der Waals surface area contributed by atoms with Crippen LogP contribution in [0.3, 0.4) is 0 Å². The largest absolute Gasteiger partial charge is 0.302 e. The number of carbonyl (C=O) groups is 1. The van der Waals surface area contributed by atoms with Crippen molar-refractivity contribution in [2.24, 2.45) is 0 Å². The van der Waals surface area contributed by atoms with E-state index in [0.717, 1.165) is 40.7 Å². The molecule has 1 heterocycles. The van der Waals surface area contributed by atoms with Gasteiger partial charge in [-0.25, -0.2) is 4.98 Å². The molecule has 0 fully saturated rings. The summed E-state index contributed by atoms with van der Waals surface area (Å²) in [4.78, 5) is 23.7. The normalized spacial score (nSPS) is 11.4. The molecule has 3 rings (SSSR count). The van der Waals surface area contributed by atoms with Gasteiger partial charge in [0.2, 0.25) is 0 Å². The summed E-state index contributed by atoms with van der Waals surface area (Å²) in [5, 5.41) is 0.781. The van der Waals surface area contributed by atoms with Crippen LogP contribution in [0.4, 0.5) is 5.13 Å². The molecule has 0 radical (unpaired) electrons. The summed E-state index contributed by atoms with van der Waals surface area (Å²) >= 11 is 3.29. The second kappa shape index (κ2) is 9.74. The monoisotopic (exact) mass is 427 g/mol. The van der Waals surface area contributed by atoms with E-state index in [1.807, 2.05) is 35.4 Å². The van der Waals surface area contributed by atoms with E-state index in [-0.39, 0.29) is 5.91 Å². The van der Waals surface area contributed by atoms with E-state index in [9.17, 15) is 4.79 Å². The van der Waals surface area contributed by atoms with Gasteiger partial charge in [-0.1, -0.05) is 37.3 Å². The fraction of sp³-hybridized carbons (Fsp3) is 0.391. The zero-order chi connectivity index (χ0) is 21.0. The lowest BCUT2D eigenvalue weighted by molar-refractivity contribution is 0.0983. The zero-order valence-corrected chi connectivity index (χ0v) is 19.5. The van der Waals surface area contributed by atoms with E-state index < -0.39 is 0 Å². The number of carbonyl (C=O) groups excluding carboxylic acids is 1. The molecule has 0 aliphatic carbocycles. The molecule has 1 amide bonds. The molecular weight excluding hydrogens is 398 g/mol. The number of thioether (sulfide) groups is 1. The van der Waals surface area contributed by atoms with E-state index in [1.54, 1.807) is 23.1 Å². The number of aromatic nitrogens is 1. The van der Waals surface area contributed by atoms with Crippen molar-refractivity contribution in [2.75, 3.05) is 37.3 Å². The van der Waals surface area contributed by atoms with Crippen molar-refractivity contribution in [2.45, 2.75) is 32.6 Å². The molecule has 4 nitrogen and oxygen atoms in total. The Kier molecular flexibility index (Phi) is 7.33. The summed E-state index contributed by atoms with van der Waals surface area (Å²) in [6.45, 7) is 11.9. The van der Waals surface area contributed by atoms with Gasteiger partial charge in [0.1, 0.15) is 0 Å². The van der Waals surface area contributed by atoms with E-state index in [2.05, 4.69) is 44.7 Å². The Morgan fingerprint density at radius 2 is 1.66 bits per heavy atom. The van der Waals surface area contributed by atoms with Crippen LogP contribution in [0.25, 0.3) is 10.2 Å². The van der Waals surface area contributed by atoms with Crippen LogP contribution in [0.5, 0.6) is 0 Å². The second-order valence-corrected chi connectivity index (χ2v) is 8.94. The Hall–Kier alpha value is -1.89. The molecule has 1 aromatic heterocycles. The van der Waals surface area contributed by atoms with Crippen LogP contribution in [0.1, 0.15) is 35.3 Å². The molecule has 2 aromatic carbocycles. The average molecular weight is 428 g/mol. The summed E-state index contributed by atoms with van der Waals surface area (Å²) in [7, 11) is 0. The molecule has 0 N–H and O–H groups in total. The number of benzene rings is 2. The number of thiazole rings is 1. The Bertz CT molecular complexity index is 939. The fourth-order valence-corrected chi connectivity index (χ4v) is 4.86. The van der Waals surface area contributed by atoms with Crippen LogP contribution in [0, 0.1) is 13.8 Å². The molecule has 0 aliphatic heterocycles. The molecule has 154 valence electrons. The first-order valence-corrected chi connectivity index (χ1v) is 12.1. The van der Waals surface area contributed by atoms with E-state index in [4.69, 9.17) is 4.98 Å². The lowest BCUT2D eigenvalue weighted by atomic mass is 10.1. The van der Waals surface area contributed by atoms with Crippen molar-refractivity contribution in [1.82, 2.24) is 9.88 Å². The van der Waals surface area contributed by atoms with Crippen molar-refractivity contribution in [3.63, 3.8) is 0 Å². The molecule has 0 saturated carbocycles. The third-order valence-corrected chi connectivity index (χ3v) is 7.24. The molecular formula is C23H29N3OS2. The first-order chi connectivity index (χ1) is 14.0. The van der Waals surface area contributed by atoms with E-state index >= 15 is 0 Å². The molecule has 0 aliphatic rings. The molecule has 0 bridgehead atoms. The minimum atomic E-state index is 0.0131. The molecule has 0 spiro atoms. The quantitative estimate of drug-likeness (QED) is 0.437. The lowest BCUT2D eigenvalue weighted by Crippen LogP contribution is -2.38. The van der Waals surface area contributed by atoms with Crippen molar-refractivity contribution in [1.29, 1.82) is 0 Å². The Morgan fingerprint density at radius 3 is 2.24 bits per heavy atom. The van der Waals surface area contributed by atoms with Gasteiger partial charge in [-0.3, -0.25) is 9.69 Å². The van der Waals surface area contributed by atoms with Crippen LogP contribution in [0.15, 0.2) is 41.3 Å². The first-order valence-electron chi connectivity index (χ1n) is 10.0. The number of anilines is 1. The lowest BCUT2D eigenvalue weighted by Gasteiger charge is -2.24. The summed E-state index contributed by atoms with van der Waals surface area (Å²) < 4.78 is 1.17.